The Bertz CT molecular complexity index is 1870. The van der Waals surface area contributed by atoms with E-state index in [0.29, 0.717) is 31.6 Å². The Morgan fingerprint density at radius 1 is 0.281 bits per heavy atom. The number of ether oxygens (including phenoxy) is 4. The molecule has 17 nitrogen and oxygen atoms in total. The van der Waals surface area contributed by atoms with Crippen molar-refractivity contribution in [2.45, 2.75) is 414 Å². The van der Waals surface area contributed by atoms with E-state index in [4.69, 9.17) is 37.0 Å². The average molecular weight is 1410 g/mol. The maximum atomic E-state index is 13.1. The third-order valence-corrected chi connectivity index (χ3v) is 19.8. The molecule has 0 saturated heterocycles. The predicted octanol–water partition coefficient (Wildman–Crippen LogP) is 22.6. The van der Waals surface area contributed by atoms with E-state index in [9.17, 15) is 43.2 Å². The van der Waals surface area contributed by atoms with Gasteiger partial charge in [0, 0.05) is 25.7 Å². The molecule has 0 spiro atoms. The second-order valence-electron chi connectivity index (χ2n) is 29.2. The van der Waals surface area contributed by atoms with Crippen LogP contribution in [0.4, 0.5) is 0 Å². The molecule has 0 rings (SSSR count). The molecule has 0 bridgehead atoms. The summed E-state index contributed by atoms with van der Waals surface area (Å²) in [5.41, 5.74) is 0. The molecule has 96 heavy (non-hydrogen) atoms. The fraction of sp³-hybridized carbons (Fsp3) is 0.948. The van der Waals surface area contributed by atoms with E-state index in [-0.39, 0.29) is 25.7 Å². The van der Waals surface area contributed by atoms with E-state index in [1.807, 2.05) is 0 Å². The highest BCUT2D eigenvalue weighted by molar-refractivity contribution is 7.47. The zero-order valence-electron chi connectivity index (χ0n) is 62.8. The van der Waals surface area contributed by atoms with E-state index >= 15 is 0 Å². The summed E-state index contributed by atoms with van der Waals surface area (Å²) in [6, 6.07) is 0. The molecular formula is C77H150O17P2. The van der Waals surface area contributed by atoms with Crippen LogP contribution in [0.3, 0.4) is 0 Å². The molecule has 19 heteroatoms. The minimum Gasteiger partial charge on any atom is -0.462 e. The van der Waals surface area contributed by atoms with Crippen molar-refractivity contribution >= 4 is 39.5 Å². The number of esters is 4. The van der Waals surface area contributed by atoms with Crippen LogP contribution in [0, 0.1) is 17.8 Å². The van der Waals surface area contributed by atoms with E-state index in [1.165, 1.54) is 205 Å². The number of carbonyl (C=O) groups is 4. The third-order valence-electron chi connectivity index (χ3n) is 17.9. The molecule has 0 amide bonds. The van der Waals surface area contributed by atoms with E-state index in [0.717, 1.165) is 102 Å². The molecule has 0 fully saturated rings. The van der Waals surface area contributed by atoms with Crippen molar-refractivity contribution < 1.29 is 80.2 Å². The average Bonchev–Trinajstić information content (AvgIpc) is 1.37. The lowest BCUT2D eigenvalue weighted by Gasteiger charge is -2.21. The number of hydrogen-bond donors (Lipinski definition) is 3. The van der Waals surface area contributed by atoms with Crippen molar-refractivity contribution in [3.05, 3.63) is 0 Å². The van der Waals surface area contributed by atoms with Gasteiger partial charge in [0.05, 0.1) is 26.4 Å². The smallest absolute Gasteiger partial charge is 0.462 e. The summed E-state index contributed by atoms with van der Waals surface area (Å²) in [5, 5.41) is 10.6. The Kier molecular flexibility index (Phi) is 66.2. The number of unbranched alkanes of at least 4 members (excludes halogenated alkanes) is 43. The molecule has 0 aromatic rings. The van der Waals surface area contributed by atoms with Gasteiger partial charge in [-0.3, -0.25) is 37.3 Å². The number of carbonyl (C=O) groups excluding carboxylic acids is 4. The Hall–Kier alpha value is -1.94. The van der Waals surface area contributed by atoms with Crippen LogP contribution in [0.2, 0.25) is 0 Å². The second-order valence-corrected chi connectivity index (χ2v) is 32.1. The van der Waals surface area contributed by atoms with Gasteiger partial charge in [0.25, 0.3) is 0 Å². The normalized spacial score (nSPS) is 14.1. The zero-order chi connectivity index (χ0) is 70.9. The number of phosphoric ester groups is 2. The number of aliphatic hydroxyl groups excluding tert-OH is 1. The Labute approximate surface area is 588 Å². The number of rotatable bonds is 75. The molecule has 570 valence electrons. The van der Waals surface area contributed by atoms with E-state index < -0.39 is 97.5 Å². The topological polar surface area (TPSA) is 237 Å². The summed E-state index contributed by atoms with van der Waals surface area (Å²) >= 11 is 0. The summed E-state index contributed by atoms with van der Waals surface area (Å²) in [6.45, 7) is 11.9. The summed E-state index contributed by atoms with van der Waals surface area (Å²) in [6.07, 6.45) is 54.3. The lowest BCUT2D eigenvalue weighted by molar-refractivity contribution is -0.161. The summed E-state index contributed by atoms with van der Waals surface area (Å²) in [5.74, 6) is 0.187. The van der Waals surface area contributed by atoms with Crippen molar-refractivity contribution in [2.24, 2.45) is 17.8 Å². The zero-order valence-corrected chi connectivity index (χ0v) is 64.6. The first-order valence-corrected chi connectivity index (χ1v) is 42.8. The largest absolute Gasteiger partial charge is 0.472 e. The molecule has 0 aliphatic carbocycles. The standard InChI is InChI=1S/C77H150O17P2/c1-8-9-10-11-12-28-37-44-51-58-74(79)87-65-73(94-77(82)61-54-47-40-33-36-43-50-57-70(6)7)67-92-96(85,86)90-63-71(78)62-89-95(83,84)91-66-72(64-88-75(80)59-52-45-38-31-26-23-19-21-25-30-35-42-49-56-69(4)5)93-76(81)60-53-46-39-32-27-22-18-16-14-13-15-17-20-24-29-34-41-48-55-68(2)3/h68-73,78H,8-67H2,1-7H3,(H,83,84)(H,85,86)/t71-,72-,73-/m1/s1. The molecule has 0 aromatic carbocycles. The van der Waals surface area contributed by atoms with Gasteiger partial charge in [0.15, 0.2) is 12.2 Å². The van der Waals surface area contributed by atoms with Gasteiger partial charge < -0.3 is 33.8 Å². The molecule has 0 radical (unpaired) electrons. The van der Waals surface area contributed by atoms with Crippen LogP contribution in [-0.2, 0) is 65.4 Å². The number of phosphoric acid groups is 2. The lowest BCUT2D eigenvalue weighted by atomic mass is 10.0. The van der Waals surface area contributed by atoms with Crippen LogP contribution in [0.15, 0.2) is 0 Å². The van der Waals surface area contributed by atoms with Gasteiger partial charge in [-0.15, -0.1) is 0 Å². The van der Waals surface area contributed by atoms with Crippen LogP contribution in [0.5, 0.6) is 0 Å². The maximum absolute atomic E-state index is 13.1. The van der Waals surface area contributed by atoms with Crippen LogP contribution in [-0.4, -0.2) is 96.7 Å². The highest BCUT2D eigenvalue weighted by Gasteiger charge is 2.30. The van der Waals surface area contributed by atoms with Crippen molar-refractivity contribution in [3.8, 4) is 0 Å². The van der Waals surface area contributed by atoms with Crippen molar-refractivity contribution in [1.29, 1.82) is 0 Å². The van der Waals surface area contributed by atoms with E-state index in [2.05, 4.69) is 48.5 Å². The highest BCUT2D eigenvalue weighted by atomic mass is 31.2. The van der Waals surface area contributed by atoms with Crippen LogP contribution < -0.4 is 0 Å². The molecular weight excluding hydrogens is 1260 g/mol. The minimum absolute atomic E-state index is 0.103. The fourth-order valence-corrected chi connectivity index (χ4v) is 13.4. The molecule has 0 aromatic heterocycles. The van der Waals surface area contributed by atoms with Gasteiger partial charge >= 0.3 is 39.5 Å². The van der Waals surface area contributed by atoms with E-state index in [1.54, 1.807) is 0 Å². The third kappa shape index (κ3) is 70.5. The first-order valence-electron chi connectivity index (χ1n) is 39.8. The molecule has 5 atom stereocenters. The first-order chi connectivity index (χ1) is 46.2. The second kappa shape index (κ2) is 67.5. The maximum Gasteiger partial charge on any atom is 0.472 e. The van der Waals surface area contributed by atoms with Crippen LogP contribution in [0.1, 0.15) is 395 Å². The fourth-order valence-electron chi connectivity index (χ4n) is 11.8. The summed E-state index contributed by atoms with van der Waals surface area (Å²) in [4.78, 5) is 72.7. The van der Waals surface area contributed by atoms with Gasteiger partial charge in [-0.1, -0.05) is 344 Å². The quantitative estimate of drug-likeness (QED) is 0.0222. The predicted molar refractivity (Wildman–Crippen MR) is 391 cm³/mol. The summed E-state index contributed by atoms with van der Waals surface area (Å²) in [7, 11) is -9.91. The first kappa shape index (κ1) is 94.1. The molecule has 2 unspecified atom stereocenters. The van der Waals surface area contributed by atoms with Gasteiger partial charge in [0.2, 0.25) is 0 Å². The molecule has 0 saturated carbocycles. The van der Waals surface area contributed by atoms with Crippen LogP contribution in [0.25, 0.3) is 0 Å². The van der Waals surface area contributed by atoms with Crippen molar-refractivity contribution in [1.82, 2.24) is 0 Å². The highest BCUT2D eigenvalue weighted by Crippen LogP contribution is 2.45. The van der Waals surface area contributed by atoms with Gasteiger partial charge in [0.1, 0.15) is 19.3 Å². The van der Waals surface area contributed by atoms with Gasteiger partial charge in [-0.25, -0.2) is 9.13 Å². The van der Waals surface area contributed by atoms with Gasteiger partial charge in [-0.05, 0) is 43.4 Å². The molecule has 0 heterocycles. The van der Waals surface area contributed by atoms with Gasteiger partial charge in [-0.2, -0.15) is 0 Å². The Morgan fingerprint density at radius 2 is 0.479 bits per heavy atom. The van der Waals surface area contributed by atoms with Crippen molar-refractivity contribution in [3.63, 3.8) is 0 Å². The monoisotopic (exact) mass is 1410 g/mol. The Balaban J connectivity index is 5.19. The molecule has 3 N–H and O–H groups in total. The minimum atomic E-state index is -4.96. The lowest BCUT2D eigenvalue weighted by Crippen LogP contribution is -2.30. The van der Waals surface area contributed by atoms with Crippen LogP contribution >= 0.6 is 15.6 Å². The Morgan fingerprint density at radius 3 is 0.708 bits per heavy atom. The molecule has 0 aliphatic rings. The van der Waals surface area contributed by atoms with Crippen molar-refractivity contribution in [2.75, 3.05) is 39.6 Å². The molecule has 0 aliphatic heterocycles. The SMILES string of the molecule is CCCCCCCCCCCC(=O)OC[C@H](COP(=O)(O)OC[C@H](O)COP(=O)(O)OC[C@@H](COC(=O)CCCCCCCCCCCCCCCC(C)C)OC(=O)CCCCCCCCCCCCCCCCCCCCC(C)C)OC(=O)CCCCCCCCCC(C)C. The number of aliphatic hydroxyl groups is 1. The number of hydrogen-bond acceptors (Lipinski definition) is 15. The summed E-state index contributed by atoms with van der Waals surface area (Å²) < 4.78 is 68.5.